The highest BCUT2D eigenvalue weighted by atomic mass is 32.1. The van der Waals surface area contributed by atoms with Crippen molar-refractivity contribution in [2.24, 2.45) is 0 Å². The first kappa shape index (κ1) is 16.8. The van der Waals surface area contributed by atoms with Gasteiger partial charge in [-0.3, -0.25) is 0 Å². The number of aromatic nitrogens is 1. The molecule has 1 aromatic carbocycles. The Labute approximate surface area is 138 Å². The van der Waals surface area contributed by atoms with Crippen molar-refractivity contribution >= 4 is 28.5 Å². The van der Waals surface area contributed by atoms with E-state index in [1.165, 1.54) is 42.7 Å². The van der Waals surface area contributed by atoms with Crippen LogP contribution in [0.15, 0.2) is 30.3 Å². The zero-order chi connectivity index (χ0) is 15.8. The fraction of sp³-hybridized carbons (Fsp3) is 0.421. The molecule has 0 spiro atoms. The summed E-state index contributed by atoms with van der Waals surface area (Å²) in [5.74, 6) is 0. The van der Waals surface area contributed by atoms with E-state index in [4.69, 9.17) is 5.73 Å². The summed E-state index contributed by atoms with van der Waals surface area (Å²) in [6, 6.07) is 10.4. The summed E-state index contributed by atoms with van der Waals surface area (Å²) in [5.41, 5.74) is 8.57. The van der Waals surface area contributed by atoms with E-state index in [0.29, 0.717) is 0 Å². The molecule has 2 N–H and O–H groups in total. The highest BCUT2D eigenvalue weighted by Gasteiger charge is 2.19. The van der Waals surface area contributed by atoms with Crippen molar-refractivity contribution in [3.8, 4) is 0 Å². The molecule has 22 heavy (non-hydrogen) atoms. The van der Waals surface area contributed by atoms with E-state index in [1.54, 1.807) is 11.3 Å². The van der Waals surface area contributed by atoms with Crippen molar-refractivity contribution in [1.29, 1.82) is 0 Å². The van der Waals surface area contributed by atoms with Crippen molar-refractivity contribution in [1.82, 2.24) is 0 Å². The predicted octanol–water partition coefficient (Wildman–Crippen LogP) is 5.07. The summed E-state index contributed by atoms with van der Waals surface area (Å²) in [7, 11) is 0. The number of nitrogens with two attached hydrogens (primary N) is 1. The maximum atomic E-state index is 6.20. The third-order valence-electron chi connectivity index (χ3n) is 3.90. The van der Waals surface area contributed by atoms with Gasteiger partial charge in [-0.2, -0.15) is 4.57 Å². The molecule has 0 unspecified atom stereocenters. The van der Waals surface area contributed by atoms with E-state index < -0.39 is 0 Å². The largest absolute Gasteiger partial charge is 0.385 e. The van der Waals surface area contributed by atoms with E-state index in [2.05, 4.69) is 54.8 Å². The number of hydrogen-bond acceptors (Lipinski definition) is 2. The van der Waals surface area contributed by atoms with E-state index in [0.717, 1.165) is 17.2 Å². The van der Waals surface area contributed by atoms with Gasteiger partial charge in [0.1, 0.15) is 6.54 Å². The fourth-order valence-electron chi connectivity index (χ4n) is 2.63. The number of unbranched alkanes of at least 4 members (excludes halogenated alkanes) is 4. The van der Waals surface area contributed by atoms with Crippen molar-refractivity contribution in [3.63, 3.8) is 0 Å². The van der Waals surface area contributed by atoms with Crippen LogP contribution in [0.5, 0.6) is 0 Å². The molecular formula is C19H27N2S+. The summed E-state index contributed by atoms with van der Waals surface area (Å²) < 4.78 is 2.37. The van der Waals surface area contributed by atoms with Gasteiger partial charge in [-0.15, -0.1) is 0 Å². The Morgan fingerprint density at radius 1 is 1.05 bits per heavy atom. The lowest BCUT2D eigenvalue weighted by atomic mass is 10.1. The zero-order valence-electron chi connectivity index (χ0n) is 13.7. The molecule has 2 nitrogen and oxygen atoms in total. The minimum absolute atomic E-state index is 0.915. The number of nitrogen functional groups attached to an aromatic ring is 1. The Morgan fingerprint density at radius 3 is 2.50 bits per heavy atom. The molecule has 0 saturated heterocycles. The summed E-state index contributed by atoms with van der Waals surface area (Å²) in [4.78, 5) is 0. The first-order chi connectivity index (χ1) is 10.7. The molecule has 0 aliphatic rings. The van der Waals surface area contributed by atoms with Crippen LogP contribution in [0.1, 0.15) is 55.3 Å². The maximum Gasteiger partial charge on any atom is 0.239 e. The average Bonchev–Trinajstić information content (AvgIpc) is 2.80. The highest BCUT2D eigenvalue weighted by molar-refractivity contribution is 7.15. The van der Waals surface area contributed by atoms with Crippen LogP contribution in [0.4, 0.5) is 5.00 Å². The van der Waals surface area contributed by atoms with Gasteiger partial charge in [0.15, 0.2) is 5.00 Å². The number of hydrogen-bond donors (Lipinski definition) is 1. The van der Waals surface area contributed by atoms with E-state index in [-0.39, 0.29) is 0 Å². The Morgan fingerprint density at radius 2 is 1.77 bits per heavy atom. The van der Waals surface area contributed by atoms with Gasteiger partial charge >= 0.3 is 0 Å². The second-order valence-electron chi connectivity index (χ2n) is 5.68. The molecule has 0 bridgehead atoms. The van der Waals surface area contributed by atoms with Crippen LogP contribution in [0, 0.1) is 6.92 Å². The number of thiazole rings is 1. The average molecular weight is 316 g/mol. The Kier molecular flexibility index (Phi) is 6.66. The summed E-state index contributed by atoms with van der Waals surface area (Å²) in [6.07, 6.45) is 10.8. The third-order valence-corrected chi connectivity index (χ3v) is 4.84. The summed E-state index contributed by atoms with van der Waals surface area (Å²) >= 11 is 1.69. The summed E-state index contributed by atoms with van der Waals surface area (Å²) in [5, 5.41) is 2.21. The van der Waals surface area contributed by atoms with Crippen molar-refractivity contribution in [2.75, 3.05) is 5.73 Å². The normalized spacial score (nSPS) is 11.4. The van der Waals surface area contributed by atoms with Gasteiger partial charge in [0, 0.05) is 19.4 Å². The first-order valence-corrected chi connectivity index (χ1v) is 9.06. The Bertz CT molecular complexity index is 599. The van der Waals surface area contributed by atoms with E-state index in [9.17, 15) is 0 Å². The monoisotopic (exact) mass is 315 g/mol. The van der Waals surface area contributed by atoms with Crippen LogP contribution in [0.2, 0.25) is 0 Å². The summed E-state index contributed by atoms with van der Waals surface area (Å²) in [6.45, 7) is 5.48. The number of anilines is 1. The number of nitrogens with zero attached hydrogens (tertiary/aromatic N) is 1. The first-order valence-electron chi connectivity index (χ1n) is 8.24. The molecule has 1 aromatic heterocycles. The molecule has 0 atom stereocenters. The second-order valence-corrected chi connectivity index (χ2v) is 6.92. The highest BCUT2D eigenvalue weighted by Crippen LogP contribution is 2.21. The van der Waals surface area contributed by atoms with Crippen molar-refractivity contribution < 1.29 is 4.57 Å². The topological polar surface area (TPSA) is 29.9 Å². The Balaban J connectivity index is 2.05. The van der Waals surface area contributed by atoms with Crippen LogP contribution in [-0.4, -0.2) is 0 Å². The molecule has 2 rings (SSSR count). The van der Waals surface area contributed by atoms with Crippen LogP contribution < -0.4 is 10.3 Å². The lowest BCUT2D eigenvalue weighted by Gasteiger charge is -1.99. The molecule has 0 aliphatic carbocycles. The smallest absolute Gasteiger partial charge is 0.239 e. The van der Waals surface area contributed by atoms with Gasteiger partial charge in [0.05, 0.1) is 0 Å². The van der Waals surface area contributed by atoms with Gasteiger partial charge in [-0.05, 0) is 29.4 Å². The molecule has 2 aromatic rings. The number of benzene rings is 1. The van der Waals surface area contributed by atoms with E-state index in [1.807, 2.05) is 6.07 Å². The molecule has 0 radical (unpaired) electrons. The zero-order valence-corrected chi connectivity index (χ0v) is 14.5. The van der Waals surface area contributed by atoms with Crippen LogP contribution in [0.25, 0.3) is 12.2 Å². The molecule has 118 valence electrons. The SMILES string of the molecule is CCCCCCC[n+]1c(C)sc(N)c1C=Cc1ccccc1. The predicted molar refractivity (Wildman–Crippen MR) is 97.8 cm³/mol. The van der Waals surface area contributed by atoms with Crippen LogP contribution >= 0.6 is 11.3 Å². The number of aryl methyl sites for hydroxylation is 1. The molecule has 0 amide bonds. The maximum absolute atomic E-state index is 6.20. The molecule has 0 fully saturated rings. The Hall–Kier alpha value is -1.61. The lowest BCUT2D eigenvalue weighted by molar-refractivity contribution is -0.699. The van der Waals surface area contributed by atoms with Gasteiger partial charge in [0.2, 0.25) is 10.7 Å². The van der Waals surface area contributed by atoms with Crippen molar-refractivity contribution in [2.45, 2.75) is 52.5 Å². The van der Waals surface area contributed by atoms with Crippen LogP contribution in [-0.2, 0) is 6.54 Å². The van der Waals surface area contributed by atoms with Gasteiger partial charge in [0.25, 0.3) is 0 Å². The minimum Gasteiger partial charge on any atom is -0.385 e. The van der Waals surface area contributed by atoms with Gasteiger partial charge in [-0.25, -0.2) is 0 Å². The van der Waals surface area contributed by atoms with Crippen molar-refractivity contribution in [3.05, 3.63) is 46.6 Å². The molecule has 1 heterocycles. The second kappa shape index (κ2) is 8.74. The lowest BCUT2D eigenvalue weighted by Crippen LogP contribution is -2.37. The number of rotatable bonds is 8. The van der Waals surface area contributed by atoms with Gasteiger partial charge < -0.3 is 5.73 Å². The van der Waals surface area contributed by atoms with Gasteiger partial charge in [-0.1, -0.05) is 56.5 Å². The molecule has 0 aliphatic heterocycles. The molecule has 3 heteroatoms. The quantitative estimate of drug-likeness (QED) is 0.535. The molecular weight excluding hydrogens is 288 g/mol. The fourth-order valence-corrected chi connectivity index (χ4v) is 3.53. The minimum atomic E-state index is 0.915. The molecule has 0 saturated carbocycles. The third kappa shape index (κ3) is 4.70. The standard InChI is InChI=1S/C19H27N2S/c1-3-4-5-6-10-15-21-16(2)22-19(20)18(21)14-13-17-11-8-7-9-12-17/h7-9,11-14H,3-6,10,15,20H2,1-2H3/q+1. The van der Waals surface area contributed by atoms with E-state index >= 15 is 0 Å². The van der Waals surface area contributed by atoms with Crippen LogP contribution in [0.3, 0.4) is 0 Å².